The average molecular weight is 405 g/mol. The monoisotopic (exact) mass is 404 g/mol. The molecule has 0 aromatic heterocycles. The fourth-order valence-electron chi connectivity index (χ4n) is 3.77. The number of hydrogen-bond donors (Lipinski definition) is 2. The molecule has 1 heterocycles. The first-order valence-corrected chi connectivity index (χ1v) is 10.0. The summed E-state index contributed by atoms with van der Waals surface area (Å²) in [6, 6.07) is 9.48. The first-order chi connectivity index (χ1) is 13.4. The molecule has 2 aromatic rings. The molecule has 2 N–H and O–H groups in total. The molecule has 1 aliphatic rings. The van der Waals surface area contributed by atoms with Gasteiger partial charge in [0, 0.05) is 35.8 Å². The zero-order chi connectivity index (χ0) is 20.1. The number of nitrogens with one attached hydrogen (secondary N) is 1. The van der Waals surface area contributed by atoms with Crippen LogP contribution in [0.25, 0.3) is 0 Å². The third-order valence-corrected chi connectivity index (χ3v) is 5.52. The third kappa shape index (κ3) is 5.69. The number of piperidine rings is 1. The number of phenols is 1. The number of likely N-dealkylation sites (tertiary alicyclic amines) is 1. The summed E-state index contributed by atoms with van der Waals surface area (Å²) in [5.74, 6) is 0.360. The Balaban J connectivity index is 1.49. The molecule has 0 saturated carbocycles. The number of anilines is 1. The van der Waals surface area contributed by atoms with Crippen molar-refractivity contribution in [2.75, 3.05) is 18.4 Å². The van der Waals surface area contributed by atoms with Gasteiger partial charge in [0.05, 0.1) is 0 Å². The van der Waals surface area contributed by atoms with Crippen molar-refractivity contribution in [3.63, 3.8) is 0 Å². The standard InChI is InChI=1S/C22H26ClFN2O2/c1-15-11-19(24)6-7-20(15)25-22(28)9-4-16-3-2-10-26(13-16)14-17-12-18(23)5-8-21(17)27/h5-8,11-12,16,27H,2-4,9-10,13-14H2,1H3,(H,25,28). The molecule has 1 fully saturated rings. The van der Waals surface area contributed by atoms with Crippen LogP contribution in [0.15, 0.2) is 36.4 Å². The molecule has 0 spiro atoms. The zero-order valence-electron chi connectivity index (χ0n) is 16.0. The second kappa shape index (κ2) is 9.39. The molecule has 1 atom stereocenters. The molecular formula is C22H26ClFN2O2. The van der Waals surface area contributed by atoms with Crippen LogP contribution in [-0.4, -0.2) is 29.0 Å². The Morgan fingerprint density at radius 3 is 2.93 bits per heavy atom. The zero-order valence-corrected chi connectivity index (χ0v) is 16.8. The number of benzene rings is 2. The van der Waals surface area contributed by atoms with Crippen molar-refractivity contribution in [1.29, 1.82) is 0 Å². The van der Waals surface area contributed by atoms with E-state index in [1.807, 2.05) is 0 Å². The highest BCUT2D eigenvalue weighted by atomic mass is 35.5. The van der Waals surface area contributed by atoms with Gasteiger partial charge >= 0.3 is 0 Å². The van der Waals surface area contributed by atoms with Crippen LogP contribution in [0.3, 0.4) is 0 Å². The second-order valence-electron chi connectivity index (χ2n) is 7.56. The second-order valence-corrected chi connectivity index (χ2v) is 8.00. The molecule has 28 heavy (non-hydrogen) atoms. The van der Waals surface area contributed by atoms with Crippen molar-refractivity contribution in [2.24, 2.45) is 5.92 Å². The number of amides is 1. The van der Waals surface area contributed by atoms with Crippen LogP contribution in [-0.2, 0) is 11.3 Å². The van der Waals surface area contributed by atoms with E-state index in [0.717, 1.165) is 43.5 Å². The minimum Gasteiger partial charge on any atom is -0.508 e. The van der Waals surface area contributed by atoms with Crippen LogP contribution in [0.1, 0.15) is 36.8 Å². The number of aromatic hydroxyl groups is 1. The van der Waals surface area contributed by atoms with Crippen molar-refractivity contribution >= 4 is 23.2 Å². The summed E-state index contributed by atoms with van der Waals surface area (Å²) >= 11 is 6.04. The third-order valence-electron chi connectivity index (χ3n) is 5.28. The molecule has 1 aliphatic heterocycles. The lowest BCUT2D eigenvalue weighted by Gasteiger charge is -2.33. The maximum absolute atomic E-state index is 13.2. The average Bonchev–Trinajstić information content (AvgIpc) is 2.66. The number of carbonyl (C=O) groups is 1. The number of hydrogen-bond acceptors (Lipinski definition) is 3. The van der Waals surface area contributed by atoms with E-state index in [0.29, 0.717) is 29.6 Å². The Hall–Kier alpha value is -2.11. The van der Waals surface area contributed by atoms with Crippen LogP contribution in [0.2, 0.25) is 5.02 Å². The number of rotatable bonds is 6. The van der Waals surface area contributed by atoms with Crippen LogP contribution in [0, 0.1) is 18.7 Å². The topological polar surface area (TPSA) is 52.6 Å². The summed E-state index contributed by atoms with van der Waals surface area (Å²) in [4.78, 5) is 14.6. The van der Waals surface area contributed by atoms with Crippen molar-refractivity contribution in [1.82, 2.24) is 4.90 Å². The van der Waals surface area contributed by atoms with Gasteiger partial charge in [0.25, 0.3) is 0 Å². The largest absolute Gasteiger partial charge is 0.508 e. The van der Waals surface area contributed by atoms with Gasteiger partial charge in [-0.25, -0.2) is 4.39 Å². The van der Waals surface area contributed by atoms with Gasteiger partial charge in [-0.3, -0.25) is 9.69 Å². The summed E-state index contributed by atoms with van der Waals surface area (Å²) in [6.45, 7) is 4.31. The molecule has 1 unspecified atom stereocenters. The van der Waals surface area contributed by atoms with Gasteiger partial charge in [-0.2, -0.15) is 0 Å². The highest BCUT2D eigenvalue weighted by Gasteiger charge is 2.21. The smallest absolute Gasteiger partial charge is 0.224 e. The molecule has 4 nitrogen and oxygen atoms in total. The van der Waals surface area contributed by atoms with E-state index in [2.05, 4.69) is 10.2 Å². The number of aryl methyl sites for hydroxylation is 1. The van der Waals surface area contributed by atoms with Gasteiger partial charge in [0.1, 0.15) is 11.6 Å². The van der Waals surface area contributed by atoms with Gasteiger partial charge in [0.2, 0.25) is 5.91 Å². The van der Waals surface area contributed by atoms with Crippen LogP contribution in [0.4, 0.5) is 10.1 Å². The summed E-state index contributed by atoms with van der Waals surface area (Å²) in [5, 5.41) is 13.5. The van der Waals surface area contributed by atoms with E-state index in [4.69, 9.17) is 11.6 Å². The van der Waals surface area contributed by atoms with E-state index in [-0.39, 0.29) is 17.5 Å². The predicted molar refractivity (Wildman–Crippen MR) is 110 cm³/mol. The molecule has 2 aromatic carbocycles. The van der Waals surface area contributed by atoms with Gasteiger partial charge in [-0.05, 0) is 80.6 Å². The quantitative estimate of drug-likeness (QED) is 0.702. The van der Waals surface area contributed by atoms with Crippen LogP contribution in [0.5, 0.6) is 5.75 Å². The lowest BCUT2D eigenvalue weighted by atomic mass is 9.93. The van der Waals surface area contributed by atoms with Gasteiger partial charge in [-0.1, -0.05) is 11.6 Å². The number of nitrogens with zero attached hydrogens (tertiary/aromatic N) is 1. The van der Waals surface area contributed by atoms with Crippen molar-refractivity contribution in [2.45, 2.75) is 39.2 Å². The highest BCUT2D eigenvalue weighted by molar-refractivity contribution is 6.30. The van der Waals surface area contributed by atoms with Gasteiger partial charge < -0.3 is 10.4 Å². The Kier molecular flexibility index (Phi) is 6.92. The first kappa shape index (κ1) is 20.6. The fourth-order valence-corrected chi connectivity index (χ4v) is 3.96. The molecule has 1 amide bonds. The molecule has 3 rings (SSSR count). The summed E-state index contributed by atoms with van der Waals surface area (Å²) < 4.78 is 13.2. The number of carbonyl (C=O) groups excluding carboxylic acids is 1. The first-order valence-electron chi connectivity index (χ1n) is 9.66. The Morgan fingerprint density at radius 1 is 1.32 bits per heavy atom. The normalized spacial score (nSPS) is 17.5. The van der Waals surface area contributed by atoms with Crippen LogP contribution < -0.4 is 5.32 Å². The van der Waals surface area contributed by atoms with Gasteiger partial charge in [-0.15, -0.1) is 0 Å². The lowest BCUT2D eigenvalue weighted by molar-refractivity contribution is -0.116. The predicted octanol–water partition coefficient (Wildman–Crippen LogP) is 5.12. The molecule has 1 saturated heterocycles. The SMILES string of the molecule is Cc1cc(F)ccc1NC(=O)CCC1CCCN(Cc2cc(Cl)ccc2O)C1. The van der Waals surface area contributed by atoms with E-state index < -0.39 is 0 Å². The van der Waals surface area contributed by atoms with E-state index in [9.17, 15) is 14.3 Å². The Bertz CT molecular complexity index is 843. The molecular weight excluding hydrogens is 379 g/mol. The number of phenolic OH excluding ortho intramolecular Hbond substituents is 1. The molecule has 150 valence electrons. The Labute approximate surface area is 170 Å². The van der Waals surface area contributed by atoms with Crippen molar-refractivity contribution < 1.29 is 14.3 Å². The van der Waals surface area contributed by atoms with Crippen molar-refractivity contribution in [3.05, 3.63) is 58.4 Å². The minimum atomic E-state index is -0.302. The summed E-state index contributed by atoms with van der Waals surface area (Å²) in [7, 11) is 0. The fraction of sp³-hybridized carbons (Fsp3) is 0.409. The highest BCUT2D eigenvalue weighted by Crippen LogP contribution is 2.27. The summed E-state index contributed by atoms with van der Waals surface area (Å²) in [6.07, 6.45) is 3.42. The lowest BCUT2D eigenvalue weighted by Crippen LogP contribution is -2.35. The van der Waals surface area contributed by atoms with Crippen LogP contribution >= 0.6 is 11.6 Å². The van der Waals surface area contributed by atoms with E-state index >= 15 is 0 Å². The molecule has 6 heteroatoms. The minimum absolute atomic E-state index is 0.0423. The molecule has 0 aliphatic carbocycles. The Morgan fingerprint density at radius 2 is 2.14 bits per heavy atom. The van der Waals surface area contributed by atoms with Gasteiger partial charge in [0.15, 0.2) is 0 Å². The molecule has 0 radical (unpaired) electrons. The number of halogens is 2. The van der Waals surface area contributed by atoms with E-state index in [1.54, 1.807) is 31.2 Å². The maximum atomic E-state index is 13.2. The van der Waals surface area contributed by atoms with E-state index in [1.165, 1.54) is 12.1 Å². The molecule has 0 bridgehead atoms. The van der Waals surface area contributed by atoms with Crippen molar-refractivity contribution in [3.8, 4) is 5.75 Å². The summed E-state index contributed by atoms with van der Waals surface area (Å²) in [5.41, 5.74) is 2.21. The maximum Gasteiger partial charge on any atom is 0.224 e.